The number of hydrogen-bond acceptors (Lipinski definition) is 2. The van der Waals surface area contributed by atoms with Gasteiger partial charge in [-0.1, -0.05) is 12.1 Å². The number of nitrogens with zero attached hydrogens (tertiary/aromatic N) is 2. The van der Waals surface area contributed by atoms with Gasteiger partial charge in [0.2, 0.25) is 0 Å². The lowest BCUT2D eigenvalue weighted by Gasteiger charge is -2.19. The van der Waals surface area contributed by atoms with Crippen molar-refractivity contribution in [2.24, 2.45) is 4.99 Å². The van der Waals surface area contributed by atoms with Gasteiger partial charge in [-0.05, 0) is 31.2 Å². The fraction of sp³-hybridized carbons (Fsp3) is 0.533. The van der Waals surface area contributed by atoms with Crippen LogP contribution in [0.4, 0.5) is 17.6 Å². The van der Waals surface area contributed by atoms with Crippen LogP contribution in [-0.4, -0.2) is 50.8 Å². The number of hydrogen-bond donors (Lipinski definition) is 2. The molecule has 0 aliphatic heterocycles. The first-order valence-electron chi connectivity index (χ1n) is 7.16. The molecule has 0 amide bonds. The summed E-state index contributed by atoms with van der Waals surface area (Å²) in [6, 6.07) is 4.93. The average Bonchev–Trinajstić information content (AvgIpc) is 2.44. The Balaban J connectivity index is 2.36. The van der Waals surface area contributed by atoms with Gasteiger partial charge in [-0.25, -0.2) is 4.39 Å². The van der Waals surface area contributed by atoms with Gasteiger partial charge < -0.3 is 10.6 Å². The summed E-state index contributed by atoms with van der Waals surface area (Å²) in [5, 5.41) is 5.90. The van der Waals surface area contributed by atoms with Crippen LogP contribution in [-0.2, 0) is 6.54 Å². The van der Waals surface area contributed by atoms with Crippen molar-refractivity contribution in [2.45, 2.75) is 19.6 Å². The molecule has 0 spiro atoms. The molecule has 0 heterocycles. The molecule has 0 aliphatic carbocycles. The summed E-state index contributed by atoms with van der Waals surface area (Å²) < 4.78 is 50.0. The first-order valence-corrected chi connectivity index (χ1v) is 7.16. The Hall–Kier alpha value is -1.83. The number of alkyl halides is 3. The smallest absolute Gasteiger partial charge is 0.355 e. The maximum absolute atomic E-state index is 13.4. The molecule has 0 saturated carbocycles. The second-order valence-electron chi connectivity index (χ2n) is 5.29. The van der Waals surface area contributed by atoms with Crippen LogP contribution in [0.15, 0.2) is 23.2 Å². The summed E-state index contributed by atoms with van der Waals surface area (Å²) in [6.07, 6.45) is -4.20. The standard InChI is InChI=1S/C15H22F4N4/c1-11-4-5-12(8-13(11)16)9-22-14(20-2)21-6-7-23(3)10-15(17,18)19/h4-5,8H,6-7,9-10H2,1-3H3,(H2,20,21,22). The van der Waals surface area contributed by atoms with Gasteiger partial charge in [0, 0.05) is 26.7 Å². The molecule has 0 saturated heterocycles. The van der Waals surface area contributed by atoms with E-state index in [0.29, 0.717) is 24.6 Å². The van der Waals surface area contributed by atoms with Gasteiger partial charge >= 0.3 is 6.18 Å². The molecular formula is C15H22F4N4. The van der Waals surface area contributed by atoms with Crippen LogP contribution in [0.1, 0.15) is 11.1 Å². The van der Waals surface area contributed by atoms with Crippen molar-refractivity contribution < 1.29 is 17.6 Å². The third kappa shape index (κ3) is 7.83. The van der Waals surface area contributed by atoms with E-state index < -0.39 is 12.7 Å². The van der Waals surface area contributed by atoms with Crippen LogP contribution in [0.25, 0.3) is 0 Å². The molecule has 0 unspecified atom stereocenters. The van der Waals surface area contributed by atoms with E-state index in [1.54, 1.807) is 26.1 Å². The molecule has 0 fully saturated rings. The molecule has 23 heavy (non-hydrogen) atoms. The molecule has 1 rings (SSSR count). The molecule has 0 aromatic heterocycles. The van der Waals surface area contributed by atoms with E-state index in [1.807, 2.05) is 0 Å². The Labute approximate surface area is 133 Å². The number of benzene rings is 1. The van der Waals surface area contributed by atoms with Gasteiger partial charge in [0.25, 0.3) is 0 Å². The van der Waals surface area contributed by atoms with E-state index in [0.717, 1.165) is 5.56 Å². The van der Waals surface area contributed by atoms with Crippen molar-refractivity contribution in [3.8, 4) is 0 Å². The lowest BCUT2D eigenvalue weighted by Crippen LogP contribution is -2.42. The van der Waals surface area contributed by atoms with E-state index >= 15 is 0 Å². The third-order valence-corrected chi connectivity index (χ3v) is 3.15. The fourth-order valence-corrected chi connectivity index (χ4v) is 1.90. The summed E-state index contributed by atoms with van der Waals surface area (Å²) in [7, 11) is 2.96. The first kappa shape index (κ1) is 19.2. The average molecular weight is 334 g/mol. The third-order valence-electron chi connectivity index (χ3n) is 3.15. The van der Waals surface area contributed by atoms with Gasteiger partial charge in [-0.3, -0.25) is 9.89 Å². The number of halogens is 4. The van der Waals surface area contributed by atoms with Gasteiger partial charge in [0.05, 0.1) is 6.54 Å². The fourth-order valence-electron chi connectivity index (χ4n) is 1.90. The zero-order valence-electron chi connectivity index (χ0n) is 13.5. The summed E-state index contributed by atoms with van der Waals surface area (Å²) in [5.74, 6) is 0.174. The topological polar surface area (TPSA) is 39.7 Å². The van der Waals surface area contributed by atoms with Gasteiger partial charge in [0.1, 0.15) is 5.82 Å². The molecule has 8 heteroatoms. The van der Waals surface area contributed by atoms with Crippen molar-refractivity contribution >= 4 is 5.96 Å². The number of aliphatic imine (C=N–C) groups is 1. The number of nitrogens with one attached hydrogen (secondary N) is 2. The van der Waals surface area contributed by atoms with E-state index in [1.165, 1.54) is 18.0 Å². The lowest BCUT2D eigenvalue weighted by atomic mass is 10.1. The molecule has 1 aromatic carbocycles. The SMILES string of the molecule is CN=C(NCCN(C)CC(F)(F)F)NCc1ccc(C)c(F)c1. The highest BCUT2D eigenvalue weighted by molar-refractivity contribution is 5.79. The molecule has 1 aromatic rings. The minimum Gasteiger partial charge on any atom is -0.355 e. The summed E-state index contributed by atoms with van der Waals surface area (Å²) >= 11 is 0. The number of likely N-dealkylation sites (N-methyl/N-ethyl adjacent to an activating group) is 1. The van der Waals surface area contributed by atoms with Crippen molar-refractivity contribution in [1.29, 1.82) is 0 Å². The second kappa shape index (κ2) is 8.71. The van der Waals surface area contributed by atoms with E-state index in [9.17, 15) is 17.6 Å². The minimum absolute atomic E-state index is 0.222. The Morgan fingerprint density at radius 1 is 1.26 bits per heavy atom. The molecule has 0 aliphatic rings. The first-order chi connectivity index (χ1) is 10.7. The van der Waals surface area contributed by atoms with Gasteiger partial charge in [-0.15, -0.1) is 0 Å². The Morgan fingerprint density at radius 3 is 2.52 bits per heavy atom. The summed E-state index contributed by atoms with van der Waals surface area (Å²) in [6.45, 7) is 1.64. The molecule has 0 bridgehead atoms. The van der Waals surface area contributed by atoms with Gasteiger partial charge in [-0.2, -0.15) is 13.2 Å². The van der Waals surface area contributed by atoms with E-state index in [2.05, 4.69) is 15.6 Å². The van der Waals surface area contributed by atoms with Crippen LogP contribution in [0.5, 0.6) is 0 Å². The van der Waals surface area contributed by atoms with Crippen molar-refractivity contribution in [3.05, 3.63) is 35.1 Å². The molecule has 2 N–H and O–H groups in total. The molecule has 130 valence electrons. The molecule has 4 nitrogen and oxygen atoms in total. The largest absolute Gasteiger partial charge is 0.401 e. The minimum atomic E-state index is -4.20. The highest BCUT2D eigenvalue weighted by atomic mass is 19.4. The second-order valence-corrected chi connectivity index (χ2v) is 5.29. The monoisotopic (exact) mass is 334 g/mol. The van der Waals surface area contributed by atoms with Crippen LogP contribution >= 0.6 is 0 Å². The number of rotatable bonds is 6. The quantitative estimate of drug-likeness (QED) is 0.476. The number of aryl methyl sites for hydroxylation is 1. The summed E-state index contributed by atoms with van der Waals surface area (Å²) in [5.41, 5.74) is 1.33. The predicted molar refractivity (Wildman–Crippen MR) is 82.9 cm³/mol. The maximum atomic E-state index is 13.4. The van der Waals surface area contributed by atoms with Crippen LogP contribution in [0.3, 0.4) is 0 Å². The maximum Gasteiger partial charge on any atom is 0.401 e. The Morgan fingerprint density at radius 2 is 1.96 bits per heavy atom. The lowest BCUT2D eigenvalue weighted by molar-refractivity contribution is -0.142. The zero-order chi connectivity index (χ0) is 17.5. The number of guanidine groups is 1. The van der Waals surface area contributed by atoms with Crippen molar-refractivity contribution in [2.75, 3.05) is 33.7 Å². The van der Waals surface area contributed by atoms with Crippen LogP contribution < -0.4 is 10.6 Å². The van der Waals surface area contributed by atoms with E-state index in [-0.39, 0.29) is 12.4 Å². The molecule has 0 atom stereocenters. The van der Waals surface area contributed by atoms with E-state index in [4.69, 9.17) is 0 Å². The Kier molecular flexibility index (Phi) is 7.28. The van der Waals surface area contributed by atoms with Crippen molar-refractivity contribution in [1.82, 2.24) is 15.5 Å². The Bertz CT molecular complexity index is 529. The van der Waals surface area contributed by atoms with Crippen molar-refractivity contribution in [3.63, 3.8) is 0 Å². The van der Waals surface area contributed by atoms with Gasteiger partial charge in [0.15, 0.2) is 5.96 Å². The zero-order valence-corrected chi connectivity index (χ0v) is 13.5. The summed E-state index contributed by atoms with van der Waals surface area (Å²) in [4.78, 5) is 5.15. The highest BCUT2D eigenvalue weighted by Gasteiger charge is 2.28. The normalized spacial score (nSPS) is 12.6. The van der Waals surface area contributed by atoms with Crippen LogP contribution in [0, 0.1) is 12.7 Å². The molecule has 0 radical (unpaired) electrons. The molecular weight excluding hydrogens is 312 g/mol. The highest BCUT2D eigenvalue weighted by Crippen LogP contribution is 2.15. The predicted octanol–water partition coefficient (Wildman–Crippen LogP) is 2.29. The van der Waals surface area contributed by atoms with Crippen LogP contribution in [0.2, 0.25) is 0 Å².